The molecule has 0 fully saturated rings. The van der Waals surface area contributed by atoms with Crippen LogP contribution in [0, 0.1) is 6.92 Å². The Balaban J connectivity index is 2.22. The molecule has 0 radical (unpaired) electrons. The maximum Gasteiger partial charge on any atom is 0.180 e. The molecular weight excluding hydrogens is 216 g/mol. The average molecular weight is 224 g/mol. The molecule has 2 rings (SSSR count). The molecule has 2 aromatic heterocycles. The van der Waals surface area contributed by atoms with Gasteiger partial charge in [0.05, 0.1) is 11.9 Å². The molecule has 14 heavy (non-hydrogen) atoms. The van der Waals surface area contributed by atoms with Crippen LogP contribution in [0.15, 0.2) is 27.1 Å². The predicted octanol–water partition coefficient (Wildman–Crippen LogP) is 1.97. The summed E-state index contributed by atoms with van der Waals surface area (Å²) in [4.78, 5) is 4.19. The second-order valence-electron chi connectivity index (χ2n) is 2.69. The van der Waals surface area contributed by atoms with Crippen LogP contribution in [0.5, 0.6) is 0 Å². The lowest BCUT2D eigenvalue weighted by atomic mass is 10.3. The van der Waals surface area contributed by atoms with Crippen LogP contribution in [-0.4, -0.2) is 15.2 Å². The van der Waals surface area contributed by atoms with Crippen LogP contribution in [0.2, 0.25) is 0 Å². The zero-order valence-electron chi connectivity index (χ0n) is 7.47. The number of rotatable bonds is 2. The summed E-state index contributed by atoms with van der Waals surface area (Å²) in [6.45, 7) is 1.96. The van der Waals surface area contributed by atoms with Crippen LogP contribution in [-0.2, 0) is 0 Å². The van der Waals surface area contributed by atoms with E-state index >= 15 is 0 Å². The lowest BCUT2D eigenvalue weighted by Crippen LogP contribution is -1.91. The van der Waals surface area contributed by atoms with Crippen molar-refractivity contribution in [2.45, 2.75) is 16.3 Å². The van der Waals surface area contributed by atoms with E-state index in [4.69, 9.17) is 5.73 Å². The topological polar surface area (TPSA) is 64.7 Å². The SMILES string of the molecule is Cc1cc(Sc2nncs2)ncc1N. The largest absolute Gasteiger partial charge is 0.397 e. The first-order valence-electron chi connectivity index (χ1n) is 3.92. The fourth-order valence-corrected chi connectivity index (χ4v) is 2.36. The number of hydrogen-bond donors (Lipinski definition) is 1. The van der Waals surface area contributed by atoms with E-state index in [1.54, 1.807) is 11.7 Å². The Bertz CT molecular complexity index is 427. The van der Waals surface area contributed by atoms with Crippen molar-refractivity contribution in [2.75, 3.05) is 5.73 Å². The maximum absolute atomic E-state index is 5.66. The quantitative estimate of drug-likeness (QED) is 0.845. The molecule has 2 aromatic rings. The molecule has 0 aliphatic carbocycles. The number of aryl methyl sites for hydroxylation is 1. The van der Waals surface area contributed by atoms with E-state index in [1.807, 2.05) is 13.0 Å². The van der Waals surface area contributed by atoms with E-state index in [2.05, 4.69) is 15.2 Å². The third-order valence-electron chi connectivity index (χ3n) is 1.66. The molecule has 2 N–H and O–H groups in total. The molecule has 0 aliphatic heterocycles. The molecule has 0 saturated heterocycles. The van der Waals surface area contributed by atoms with Crippen molar-refractivity contribution in [3.05, 3.63) is 23.3 Å². The van der Waals surface area contributed by atoms with Crippen LogP contribution >= 0.6 is 23.1 Å². The number of aromatic nitrogens is 3. The molecule has 0 unspecified atom stereocenters. The standard InChI is InChI=1S/C8H8N4S2/c1-5-2-7(10-3-6(5)9)14-8-12-11-4-13-8/h2-4H,9H2,1H3. The Kier molecular flexibility index (Phi) is 2.64. The highest BCUT2D eigenvalue weighted by molar-refractivity contribution is 8.00. The van der Waals surface area contributed by atoms with Crippen LogP contribution in [0.1, 0.15) is 5.56 Å². The summed E-state index contributed by atoms with van der Waals surface area (Å²) in [6, 6.07) is 1.95. The van der Waals surface area contributed by atoms with Gasteiger partial charge in [0.1, 0.15) is 10.5 Å². The lowest BCUT2D eigenvalue weighted by Gasteiger charge is -2.00. The fraction of sp³-hybridized carbons (Fsp3) is 0.125. The van der Waals surface area contributed by atoms with Crippen molar-refractivity contribution < 1.29 is 0 Å². The molecule has 0 aliphatic rings. The minimum Gasteiger partial charge on any atom is -0.397 e. The smallest absolute Gasteiger partial charge is 0.180 e. The highest BCUT2D eigenvalue weighted by Crippen LogP contribution is 2.28. The minimum atomic E-state index is 0.714. The van der Waals surface area contributed by atoms with E-state index in [0.29, 0.717) is 5.69 Å². The molecule has 0 saturated carbocycles. The summed E-state index contributed by atoms with van der Waals surface area (Å²) in [5.41, 5.74) is 9.11. The van der Waals surface area contributed by atoms with Crippen LogP contribution in [0.3, 0.4) is 0 Å². The van der Waals surface area contributed by atoms with Gasteiger partial charge in [0.25, 0.3) is 0 Å². The Morgan fingerprint density at radius 2 is 2.36 bits per heavy atom. The van der Waals surface area contributed by atoms with Gasteiger partial charge in [0, 0.05) is 0 Å². The number of hydrogen-bond acceptors (Lipinski definition) is 6. The first kappa shape index (κ1) is 9.42. The molecule has 4 nitrogen and oxygen atoms in total. The van der Waals surface area contributed by atoms with Crippen molar-refractivity contribution in [1.82, 2.24) is 15.2 Å². The first-order valence-corrected chi connectivity index (χ1v) is 5.61. The van der Waals surface area contributed by atoms with Crippen molar-refractivity contribution >= 4 is 28.8 Å². The Morgan fingerprint density at radius 1 is 1.50 bits per heavy atom. The first-order chi connectivity index (χ1) is 6.75. The average Bonchev–Trinajstić information content (AvgIpc) is 2.64. The predicted molar refractivity (Wildman–Crippen MR) is 57.4 cm³/mol. The fourth-order valence-electron chi connectivity index (χ4n) is 0.893. The Hall–Kier alpha value is -1.14. The molecule has 2 heterocycles. The third-order valence-corrected chi connectivity index (χ3v) is 3.37. The summed E-state index contributed by atoms with van der Waals surface area (Å²) in [7, 11) is 0. The van der Waals surface area contributed by atoms with Gasteiger partial charge >= 0.3 is 0 Å². The highest BCUT2D eigenvalue weighted by atomic mass is 32.2. The molecule has 0 bridgehead atoms. The summed E-state index contributed by atoms with van der Waals surface area (Å²) >= 11 is 2.99. The van der Waals surface area contributed by atoms with E-state index in [9.17, 15) is 0 Å². The molecule has 72 valence electrons. The maximum atomic E-state index is 5.66. The summed E-state index contributed by atoms with van der Waals surface area (Å²) < 4.78 is 0.890. The molecule has 0 atom stereocenters. The Morgan fingerprint density at radius 3 is 3.00 bits per heavy atom. The molecule has 6 heteroatoms. The number of nitrogens with two attached hydrogens (primary N) is 1. The van der Waals surface area contributed by atoms with Crippen LogP contribution in [0.4, 0.5) is 5.69 Å². The number of nitrogen functional groups attached to an aromatic ring is 1. The zero-order chi connectivity index (χ0) is 9.97. The van der Waals surface area contributed by atoms with Crippen molar-refractivity contribution in [3.8, 4) is 0 Å². The number of anilines is 1. The van der Waals surface area contributed by atoms with Gasteiger partial charge in [-0.3, -0.25) is 0 Å². The second kappa shape index (κ2) is 3.93. The molecule has 0 aromatic carbocycles. The monoisotopic (exact) mass is 224 g/mol. The van der Waals surface area contributed by atoms with Gasteiger partial charge in [-0.2, -0.15) is 0 Å². The number of pyridine rings is 1. The van der Waals surface area contributed by atoms with Gasteiger partial charge in [-0.05, 0) is 30.3 Å². The van der Waals surface area contributed by atoms with E-state index < -0.39 is 0 Å². The second-order valence-corrected chi connectivity index (χ2v) is 4.79. The third kappa shape index (κ3) is 2.02. The zero-order valence-corrected chi connectivity index (χ0v) is 9.10. The molecular formula is C8H8N4S2. The molecule has 0 amide bonds. The highest BCUT2D eigenvalue weighted by Gasteiger charge is 2.03. The van der Waals surface area contributed by atoms with Gasteiger partial charge < -0.3 is 5.73 Å². The van der Waals surface area contributed by atoms with Gasteiger partial charge in [-0.15, -0.1) is 10.2 Å². The van der Waals surface area contributed by atoms with Crippen molar-refractivity contribution in [3.63, 3.8) is 0 Å². The van der Waals surface area contributed by atoms with Crippen molar-refractivity contribution in [1.29, 1.82) is 0 Å². The summed E-state index contributed by atoms with van der Waals surface area (Å²) in [5, 5.41) is 8.57. The van der Waals surface area contributed by atoms with Crippen LogP contribution in [0.25, 0.3) is 0 Å². The van der Waals surface area contributed by atoms with Crippen molar-refractivity contribution in [2.24, 2.45) is 0 Å². The lowest BCUT2D eigenvalue weighted by molar-refractivity contribution is 1.00. The minimum absolute atomic E-state index is 0.714. The van der Waals surface area contributed by atoms with E-state index in [1.165, 1.54) is 23.1 Å². The molecule has 0 spiro atoms. The van der Waals surface area contributed by atoms with E-state index in [-0.39, 0.29) is 0 Å². The van der Waals surface area contributed by atoms with Crippen LogP contribution < -0.4 is 5.73 Å². The van der Waals surface area contributed by atoms with Gasteiger partial charge in [0.15, 0.2) is 4.34 Å². The summed E-state index contributed by atoms with van der Waals surface area (Å²) in [6.07, 6.45) is 1.67. The van der Waals surface area contributed by atoms with Gasteiger partial charge in [0.2, 0.25) is 0 Å². The van der Waals surface area contributed by atoms with Gasteiger partial charge in [-0.1, -0.05) is 11.3 Å². The Labute approximate surface area is 89.6 Å². The normalized spacial score (nSPS) is 10.4. The van der Waals surface area contributed by atoms with Gasteiger partial charge in [-0.25, -0.2) is 4.98 Å². The summed E-state index contributed by atoms with van der Waals surface area (Å²) in [5.74, 6) is 0. The van der Waals surface area contributed by atoms with E-state index in [0.717, 1.165) is 14.9 Å². The number of nitrogens with zero attached hydrogens (tertiary/aromatic N) is 3.